The summed E-state index contributed by atoms with van der Waals surface area (Å²) in [6.07, 6.45) is 28.7. The number of rotatable bonds is 16. The molecule has 9 heteroatoms. The summed E-state index contributed by atoms with van der Waals surface area (Å²) in [4.78, 5) is 42.6. The first-order chi connectivity index (χ1) is 22.0. The first-order valence-corrected chi connectivity index (χ1v) is 18.9. The van der Waals surface area contributed by atoms with Crippen LogP contribution in [0.25, 0.3) is 0 Å². The number of hydrogen-bond donors (Lipinski definition) is 3. The van der Waals surface area contributed by atoms with Crippen molar-refractivity contribution in [1.82, 2.24) is 20.6 Å². The molecule has 4 saturated carbocycles. The predicted molar refractivity (Wildman–Crippen MR) is 177 cm³/mol. The highest BCUT2D eigenvalue weighted by molar-refractivity contribution is 5.87. The Balaban J connectivity index is 1.28. The fourth-order valence-electron chi connectivity index (χ4n) is 8.36. The normalized spacial score (nSPS) is 23.8. The number of carbonyl (C=O) groups excluding carboxylic acids is 3. The number of amides is 4. The highest BCUT2D eigenvalue weighted by Gasteiger charge is 2.29. The molecule has 45 heavy (non-hydrogen) atoms. The smallest absolute Gasteiger partial charge is 0.318 e. The molecule has 0 aromatic rings. The molecule has 0 bridgehead atoms. The topological polar surface area (TPSA) is 111 Å². The summed E-state index contributed by atoms with van der Waals surface area (Å²) < 4.78 is 6.41. The molecular formula is C36H64N4O5. The van der Waals surface area contributed by atoms with Crippen LogP contribution in [-0.4, -0.2) is 77.3 Å². The highest BCUT2D eigenvalue weighted by Crippen LogP contribution is 2.30. The zero-order valence-corrected chi connectivity index (χ0v) is 28.2. The Bertz CT molecular complexity index is 862. The Labute approximate surface area is 272 Å². The van der Waals surface area contributed by atoms with Gasteiger partial charge in [0.05, 0.1) is 12.2 Å². The molecule has 9 nitrogen and oxygen atoms in total. The molecule has 0 unspecified atom stereocenters. The molecule has 0 spiro atoms. The van der Waals surface area contributed by atoms with Crippen LogP contribution in [0.4, 0.5) is 4.79 Å². The van der Waals surface area contributed by atoms with Crippen LogP contribution in [0.3, 0.4) is 0 Å². The molecule has 0 aliphatic heterocycles. The van der Waals surface area contributed by atoms with Gasteiger partial charge in [0.2, 0.25) is 5.91 Å². The summed E-state index contributed by atoms with van der Waals surface area (Å²) in [6, 6.07) is -0.0804. The second-order valence-electron chi connectivity index (χ2n) is 14.7. The van der Waals surface area contributed by atoms with Gasteiger partial charge in [-0.05, 0) is 69.6 Å². The molecule has 0 aromatic carbocycles. The summed E-state index contributed by atoms with van der Waals surface area (Å²) in [5, 5.41) is 12.4. The van der Waals surface area contributed by atoms with Gasteiger partial charge in [-0.25, -0.2) is 10.3 Å². The van der Waals surface area contributed by atoms with E-state index in [9.17, 15) is 19.6 Å². The van der Waals surface area contributed by atoms with E-state index in [0.717, 1.165) is 63.7 Å². The second-order valence-corrected chi connectivity index (χ2v) is 14.7. The number of carbonyl (C=O) groups is 3. The van der Waals surface area contributed by atoms with Gasteiger partial charge in [-0.2, -0.15) is 0 Å². The van der Waals surface area contributed by atoms with E-state index in [1.165, 1.54) is 101 Å². The van der Waals surface area contributed by atoms with Gasteiger partial charge in [0.25, 0.3) is 5.91 Å². The van der Waals surface area contributed by atoms with Crippen LogP contribution in [0.5, 0.6) is 0 Å². The lowest BCUT2D eigenvalue weighted by atomic mass is 9.86. The maximum atomic E-state index is 13.7. The van der Waals surface area contributed by atoms with E-state index in [0.29, 0.717) is 31.2 Å². The minimum Gasteiger partial charge on any atom is -0.375 e. The number of unbranched alkanes of at least 4 members (excludes halogenated alkanes) is 1. The van der Waals surface area contributed by atoms with E-state index in [-0.39, 0.29) is 31.1 Å². The van der Waals surface area contributed by atoms with E-state index in [1.54, 1.807) is 10.4 Å². The monoisotopic (exact) mass is 632 g/mol. The molecule has 258 valence electrons. The molecule has 0 radical (unpaired) electrons. The van der Waals surface area contributed by atoms with Gasteiger partial charge in [0.1, 0.15) is 13.1 Å². The number of ether oxygens (including phenoxy) is 1. The molecule has 3 N–H and O–H groups in total. The van der Waals surface area contributed by atoms with Crippen LogP contribution >= 0.6 is 0 Å². The molecule has 0 atom stereocenters. The van der Waals surface area contributed by atoms with Gasteiger partial charge >= 0.3 is 6.03 Å². The summed E-state index contributed by atoms with van der Waals surface area (Å²) in [6.45, 7) is 0.761. The summed E-state index contributed by atoms with van der Waals surface area (Å²) in [7, 11) is 0. The SMILES string of the molecule is O=C(CN(CCCCC1CCCCC1)C(=O)CN(CCCC1CCCCC1)C(=O)NC1CCC(OC2CCCCC2)CC1)NO. The Hall–Kier alpha value is -1.87. The maximum absolute atomic E-state index is 13.7. The van der Waals surface area contributed by atoms with Gasteiger partial charge in [-0.15, -0.1) is 0 Å². The van der Waals surface area contributed by atoms with Crippen LogP contribution in [0.2, 0.25) is 0 Å². The molecule has 4 rings (SSSR count). The average Bonchev–Trinajstić information content (AvgIpc) is 3.07. The van der Waals surface area contributed by atoms with Gasteiger partial charge in [0.15, 0.2) is 0 Å². The van der Waals surface area contributed by atoms with Crippen molar-refractivity contribution >= 4 is 17.8 Å². The van der Waals surface area contributed by atoms with Gasteiger partial charge in [-0.3, -0.25) is 14.8 Å². The third kappa shape index (κ3) is 13.4. The lowest BCUT2D eigenvalue weighted by Gasteiger charge is -2.34. The van der Waals surface area contributed by atoms with Gasteiger partial charge < -0.3 is 19.9 Å². The van der Waals surface area contributed by atoms with Crippen molar-refractivity contribution in [2.45, 2.75) is 172 Å². The molecule has 4 amide bonds. The van der Waals surface area contributed by atoms with Crippen molar-refractivity contribution in [3.05, 3.63) is 0 Å². The minimum atomic E-state index is -0.601. The van der Waals surface area contributed by atoms with Crippen molar-refractivity contribution in [2.24, 2.45) is 11.8 Å². The highest BCUT2D eigenvalue weighted by atomic mass is 16.5. The largest absolute Gasteiger partial charge is 0.375 e. The third-order valence-corrected chi connectivity index (χ3v) is 11.1. The number of urea groups is 1. The third-order valence-electron chi connectivity index (χ3n) is 11.1. The van der Waals surface area contributed by atoms with Crippen molar-refractivity contribution in [1.29, 1.82) is 0 Å². The summed E-state index contributed by atoms with van der Waals surface area (Å²) >= 11 is 0. The fourth-order valence-corrected chi connectivity index (χ4v) is 8.36. The zero-order chi connectivity index (χ0) is 31.7. The van der Waals surface area contributed by atoms with Crippen LogP contribution in [0.1, 0.15) is 154 Å². The summed E-state index contributed by atoms with van der Waals surface area (Å²) in [5.74, 6) is 0.665. The van der Waals surface area contributed by atoms with E-state index in [2.05, 4.69) is 5.32 Å². The Morgan fingerprint density at radius 2 is 1.13 bits per heavy atom. The lowest BCUT2D eigenvalue weighted by molar-refractivity contribution is -0.139. The van der Waals surface area contributed by atoms with Crippen molar-refractivity contribution < 1.29 is 24.3 Å². The van der Waals surface area contributed by atoms with Crippen molar-refractivity contribution in [3.63, 3.8) is 0 Å². The Morgan fingerprint density at radius 3 is 1.73 bits per heavy atom. The molecule has 0 saturated heterocycles. The van der Waals surface area contributed by atoms with E-state index in [4.69, 9.17) is 4.74 Å². The van der Waals surface area contributed by atoms with E-state index < -0.39 is 5.91 Å². The minimum absolute atomic E-state index is 0.0437. The number of hydrogen-bond acceptors (Lipinski definition) is 5. The Kier molecular flexibility index (Phi) is 16.3. The molecule has 0 aromatic heterocycles. The molecule has 0 heterocycles. The first kappa shape index (κ1) is 36.0. The average molecular weight is 633 g/mol. The first-order valence-electron chi connectivity index (χ1n) is 18.9. The number of nitrogens with one attached hydrogen (secondary N) is 2. The van der Waals surface area contributed by atoms with E-state index in [1.807, 2.05) is 0 Å². The lowest BCUT2D eigenvalue weighted by Crippen LogP contribution is -2.51. The van der Waals surface area contributed by atoms with Gasteiger partial charge in [0, 0.05) is 19.1 Å². The molecule has 4 aliphatic rings. The fraction of sp³-hybridized carbons (Fsp3) is 0.917. The molecule has 4 fully saturated rings. The molecular weight excluding hydrogens is 568 g/mol. The van der Waals surface area contributed by atoms with Crippen LogP contribution in [-0.2, 0) is 14.3 Å². The second kappa shape index (κ2) is 20.4. The molecule has 4 aliphatic carbocycles. The van der Waals surface area contributed by atoms with Crippen LogP contribution < -0.4 is 10.8 Å². The van der Waals surface area contributed by atoms with Crippen molar-refractivity contribution in [2.75, 3.05) is 26.2 Å². The van der Waals surface area contributed by atoms with E-state index >= 15 is 0 Å². The van der Waals surface area contributed by atoms with Crippen LogP contribution in [0.15, 0.2) is 0 Å². The quantitative estimate of drug-likeness (QED) is 0.0955. The maximum Gasteiger partial charge on any atom is 0.318 e. The van der Waals surface area contributed by atoms with Crippen molar-refractivity contribution in [3.8, 4) is 0 Å². The van der Waals surface area contributed by atoms with Gasteiger partial charge in [-0.1, -0.05) is 96.3 Å². The number of nitrogens with zero attached hydrogens (tertiary/aromatic N) is 2. The number of hydroxylamine groups is 1. The van der Waals surface area contributed by atoms with Crippen LogP contribution in [0, 0.1) is 11.8 Å². The summed E-state index contributed by atoms with van der Waals surface area (Å²) in [5.41, 5.74) is 1.69. The standard InChI is InChI=1S/C36H64N4O5/c41-34(38-44)27-39(25-11-10-17-29-13-4-1-5-14-29)35(42)28-40(26-12-18-30-15-6-2-7-16-30)36(43)37-31-21-23-33(24-22-31)45-32-19-8-3-9-20-32/h29-33,44H,1-28H2,(H,37,43)(H,38,41). The Morgan fingerprint density at radius 1 is 0.600 bits per heavy atom. The predicted octanol–water partition coefficient (Wildman–Crippen LogP) is 7.10. The zero-order valence-electron chi connectivity index (χ0n) is 28.2.